The summed E-state index contributed by atoms with van der Waals surface area (Å²) in [6.07, 6.45) is 2.47. The summed E-state index contributed by atoms with van der Waals surface area (Å²) >= 11 is 0. The van der Waals surface area contributed by atoms with Crippen LogP contribution < -0.4 is 10.6 Å². The highest BCUT2D eigenvalue weighted by atomic mass is 16.3. The van der Waals surface area contributed by atoms with Gasteiger partial charge in [0.2, 0.25) is 0 Å². The van der Waals surface area contributed by atoms with Crippen LogP contribution in [0.3, 0.4) is 0 Å². The molecule has 1 fully saturated rings. The molecule has 6 heteroatoms. The van der Waals surface area contributed by atoms with Crippen LogP contribution in [0.4, 0.5) is 0 Å². The third kappa shape index (κ3) is 4.48. The molecular weight excluding hydrogens is 292 g/mol. The molecule has 6 nitrogen and oxygen atoms in total. The van der Waals surface area contributed by atoms with E-state index in [1.54, 1.807) is 14.0 Å². The molecule has 1 aliphatic rings. The van der Waals surface area contributed by atoms with Gasteiger partial charge < -0.3 is 25.1 Å². The molecule has 2 atom stereocenters. The van der Waals surface area contributed by atoms with E-state index in [2.05, 4.69) is 27.6 Å². The van der Waals surface area contributed by atoms with Crippen LogP contribution in [0.2, 0.25) is 0 Å². The van der Waals surface area contributed by atoms with Gasteiger partial charge in [0.25, 0.3) is 0 Å². The number of likely N-dealkylation sites (N-methyl/N-ethyl adjacent to an activating group) is 1. The average Bonchev–Trinajstić information content (AvgIpc) is 3.05. The summed E-state index contributed by atoms with van der Waals surface area (Å²) in [4.78, 5) is 6.61. The van der Waals surface area contributed by atoms with Gasteiger partial charge in [-0.15, -0.1) is 0 Å². The summed E-state index contributed by atoms with van der Waals surface area (Å²) in [6.45, 7) is 7.94. The molecule has 0 spiro atoms. The number of aliphatic hydroxyl groups is 1. The second kappa shape index (κ2) is 7.36. The summed E-state index contributed by atoms with van der Waals surface area (Å²) in [7, 11) is 3.90. The van der Waals surface area contributed by atoms with Crippen molar-refractivity contribution >= 4 is 5.96 Å². The second-order valence-electron chi connectivity index (χ2n) is 6.68. The van der Waals surface area contributed by atoms with Crippen LogP contribution in [-0.4, -0.2) is 55.7 Å². The fraction of sp³-hybridized carbons (Fsp3) is 0.706. The lowest BCUT2D eigenvalue weighted by molar-refractivity contribution is 0.0601. The number of nitrogens with one attached hydrogen (secondary N) is 2. The third-order valence-corrected chi connectivity index (χ3v) is 4.62. The number of hydrogen-bond donors (Lipinski definition) is 3. The van der Waals surface area contributed by atoms with E-state index >= 15 is 0 Å². The van der Waals surface area contributed by atoms with Crippen molar-refractivity contribution in [2.75, 3.05) is 33.7 Å². The van der Waals surface area contributed by atoms with Crippen LogP contribution >= 0.6 is 0 Å². The minimum atomic E-state index is -1.01. The molecule has 2 unspecified atom stereocenters. The summed E-state index contributed by atoms with van der Waals surface area (Å²) < 4.78 is 5.52. The lowest BCUT2D eigenvalue weighted by Gasteiger charge is -2.26. The van der Waals surface area contributed by atoms with Gasteiger partial charge in [0.05, 0.1) is 6.54 Å². The molecular formula is C17H30N4O2. The van der Waals surface area contributed by atoms with Crippen molar-refractivity contribution in [2.24, 2.45) is 4.99 Å². The standard InChI is InChI=1S/C17H30N4O2/c1-12-9-15(13(2)23-12)17(3,22)11-20-16(18-4)19-10-14-7-6-8-21(14)5/h9,14,22H,6-8,10-11H2,1-5H3,(H2,18,19,20). The van der Waals surface area contributed by atoms with Gasteiger partial charge in [-0.3, -0.25) is 4.99 Å². The molecule has 0 amide bonds. The molecule has 2 rings (SSSR count). The molecule has 0 aromatic carbocycles. The van der Waals surface area contributed by atoms with Gasteiger partial charge in [0.1, 0.15) is 17.1 Å². The average molecular weight is 322 g/mol. The highest BCUT2D eigenvalue weighted by Gasteiger charge is 2.28. The first-order valence-electron chi connectivity index (χ1n) is 8.28. The van der Waals surface area contributed by atoms with Crippen molar-refractivity contribution in [3.63, 3.8) is 0 Å². The molecule has 1 aliphatic heterocycles. The normalized spacial score (nSPS) is 22.2. The number of rotatable bonds is 5. The topological polar surface area (TPSA) is 73.0 Å². The SMILES string of the molecule is CN=C(NCC1CCCN1C)NCC(C)(O)c1cc(C)oc1C. The van der Waals surface area contributed by atoms with E-state index in [0.717, 1.165) is 30.2 Å². The highest BCUT2D eigenvalue weighted by Crippen LogP contribution is 2.26. The van der Waals surface area contributed by atoms with Gasteiger partial charge in [-0.2, -0.15) is 0 Å². The minimum Gasteiger partial charge on any atom is -0.466 e. The molecule has 130 valence electrons. The lowest BCUT2D eigenvalue weighted by atomic mass is 9.96. The Morgan fingerprint density at radius 1 is 1.48 bits per heavy atom. The largest absolute Gasteiger partial charge is 0.466 e. The molecule has 1 aromatic heterocycles. The van der Waals surface area contributed by atoms with Crippen LogP contribution in [0.5, 0.6) is 0 Å². The Kier molecular flexibility index (Phi) is 5.70. The summed E-state index contributed by atoms with van der Waals surface area (Å²) in [5.41, 5.74) is -0.197. The van der Waals surface area contributed by atoms with E-state index in [1.807, 2.05) is 19.9 Å². The molecule has 0 aliphatic carbocycles. The van der Waals surface area contributed by atoms with Crippen molar-refractivity contribution in [3.8, 4) is 0 Å². The number of likely N-dealkylation sites (tertiary alicyclic amines) is 1. The molecule has 0 bridgehead atoms. The maximum absolute atomic E-state index is 10.7. The van der Waals surface area contributed by atoms with Gasteiger partial charge in [-0.05, 0) is 53.3 Å². The van der Waals surface area contributed by atoms with Crippen LogP contribution in [0.25, 0.3) is 0 Å². The van der Waals surface area contributed by atoms with E-state index in [1.165, 1.54) is 12.8 Å². The highest BCUT2D eigenvalue weighted by molar-refractivity contribution is 5.79. The smallest absolute Gasteiger partial charge is 0.191 e. The fourth-order valence-electron chi connectivity index (χ4n) is 3.19. The molecule has 23 heavy (non-hydrogen) atoms. The van der Waals surface area contributed by atoms with E-state index in [0.29, 0.717) is 18.5 Å². The fourth-order valence-corrected chi connectivity index (χ4v) is 3.19. The molecule has 0 radical (unpaired) electrons. The van der Waals surface area contributed by atoms with Crippen molar-refractivity contribution in [3.05, 3.63) is 23.2 Å². The number of furan rings is 1. The number of nitrogens with zero attached hydrogens (tertiary/aromatic N) is 2. The van der Waals surface area contributed by atoms with Gasteiger partial charge in [0, 0.05) is 25.2 Å². The molecule has 3 N–H and O–H groups in total. The van der Waals surface area contributed by atoms with Crippen LogP contribution in [-0.2, 0) is 5.60 Å². The predicted octanol–water partition coefficient (Wildman–Crippen LogP) is 1.36. The van der Waals surface area contributed by atoms with Crippen molar-refractivity contribution in [1.29, 1.82) is 0 Å². The quantitative estimate of drug-likeness (QED) is 0.564. The van der Waals surface area contributed by atoms with Crippen LogP contribution in [0.15, 0.2) is 15.5 Å². The first-order valence-corrected chi connectivity index (χ1v) is 8.28. The summed E-state index contributed by atoms with van der Waals surface area (Å²) in [5.74, 6) is 2.28. The first-order chi connectivity index (χ1) is 10.8. The molecule has 1 saturated heterocycles. The zero-order chi connectivity index (χ0) is 17.0. The number of aliphatic imine (C=N–C) groups is 1. The number of guanidine groups is 1. The maximum Gasteiger partial charge on any atom is 0.191 e. The van der Waals surface area contributed by atoms with Crippen molar-refractivity contribution in [2.45, 2.75) is 45.3 Å². The minimum absolute atomic E-state index is 0.368. The first kappa shape index (κ1) is 17.8. The van der Waals surface area contributed by atoms with Gasteiger partial charge in [0.15, 0.2) is 5.96 Å². The zero-order valence-corrected chi connectivity index (χ0v) is 14.9. The molecule has 0 saturated carbocycles. The Morgan fingerprint density at radius 3 is 2.74 bits per heavy atom. The van der Waals surface area contributed by atoms with Gasteiger partial charge >= 0.3 is 0 Å². The second-order valence-corrected chi connectivity index (χ2v) is 6.68. The maximum atomic E-state index is 10.7. The summed E-state index contributed by atoms with van der Waals surface area (Å²) in [5, 5.41) is 17.3. The molecule has 2 heterocycles. The Balaban J connectivity index is 1.88. The Bertz CT molecular complexity index is 551. The lowest BCUT2D eigenvalue weighted by Crippen LogP contribution is -2.47. The number of hydrogen-bond acceptors (Lipinski definition) is 4. The van der Waals surface area contributed by atoms with Gasteiger partial charge in [-0.1, -0.05) is 0 Å². The van der Waals surface area contributed by atoms with Crippen LogP contribution in [0.1, 0.15) is 36.8 Å². The van der Waals surface area contributed by atoms with E-state index in [9.17, 15) is 5.11 Å². The van der Waals surface area contributed by atoms with Gasteiger partial charge in [-0.25, -0.2) is 0 Å². The third-order valence-electron chi connectivity index (χ3n) is 4.62. The van der Waals surface area contributed by atoms with Crippen molar-refractivity contribution < 1.29 is 9.52 Å². The van der Waals surface area contributed by atoms with Crippen LogP contribution in [0, 0.1) is 13.8 Å². The number of aryl methyl sites for hydroxylation is 2. The zero-order valence-electron chi connectivity index (χ0n) is 14.9. The van der Waals surface area contributed by atoms with Crippen molar-refractivity contribution in [1.82, 2.24) is 15.5 Å². The Hall–Kier alpha value is -1.53. The Morgan fingerprint density at radius 2 is 2.22 bits per heavy atom. The summed E-state index contributed by atoms with van der Waals surface area (Å²) in [6, 6.07) is 2.44. The monoisotopic (exact) mass is 322 g/mol. The van der Waals surface area contributed by atoms with E-state index in [4.69, 9.17) is 4.42 Å². The van der Waals surface area contributed by atoms with E-state index in [-0.39, 0.29) is 0 Å². The van der Waals surface area contributed by atoms with E-state index < -0.39 is 5.60 Å². The Labute approximate surface area is 139 Å². The molecule has 1 aromatic rings. The predicted molar refractivity (Wildman–Crippen MR) is 92.8 cm³/mol.